The lowest BCUT2D eigenvalue weighted by atomic mass is 9.92. The van der Waals surface area contributed by atoms with Crippen LogP contribution in [0.4, 0.5) is 0 Å². The van der Waals surface area contributed by atoms with Crippen LogP contribution in [0.2, 0.25) is 0 Å². The molecule has 2 unspecified atom stereocenters. The molecule has 1 N–H and O–H groups in total. The molecule has 0 bridgehead atoms. The first-order valence-corrected chi connectivity index (χ1v) is 8.55. The van der Waals surface area contributed by atoms with Crippen molar-refractivity contribution < 1.29 is 33.0 Å². The van der Waals surface area contributed by atoms with Crippen molar-refractivity contribution in [3.8, 4) is 0 Å². The van der Waals surface area contributed by atoms with Gasteiger partial charge < -0.3 is 23.9 Å². The normalized spacial score (nSPS) is 34.1. The van der Waals surface area contributed by atoms with E-state index >= 15 is 0 Å². The Morgan fingerprint density at radius 2 is 2.16 bits per heavy atom. The van der Waals surface area contributed by atoms with E-state index in [1.54, 1.807) is 7.85 Å². The van der Waals surface area contributed by atoms with Gasteiger partial charge in [0.05, 0.1) is 25.3 Å². The van der Waals surface area contributed by atoms with E-state index in [-0.39, 0.29) is 12.4 Å². The molecular formula is C9H18BO7PS. The van der Waals surface area contributed by atoms with E-state index in [0.717, 1.165) is 0 Å². The molecule has 0 aromatic carbocycles. The third kappa shape index (κ3) is 5.55. The molecule has 0 aliphatic carbocycles. The van der Waals surface area contributed by atoms with E-state index in [0.29, 0.717) is 19.5 Å². The molecule has 5 atom stereocenters. The third-order valence-corrected chi connectivity index (χ3v) is 3.53. The first-order chi connectivity index (χ1) is 8.89. The molecule has 0 radical (unpaired) electrons. The first-order valence-electron chi connectivity index (χ1n) is 5.82. The maximum atomic E-state index is 11.3. The van der Waals surface area contributed by atoms with Gasteiger partial charge in [-0.1, -0.05) is 12.2 Å². The second kappa shape index (κ2) is 7.78. The molecule has 1 fully saturated rings. The van der Waals surface area contributed by atoms with E-state index in [1.165, 1.54) is 7.11 Å². The largest absolute Gasteiger partial charge is 0.383 e. The number of hydrogen-bond donors (Lipinski definition) is 2. The molecule has 0 spiro atoms. The predicted molar refractivity (Wildman–Crippen MR) is 73.2 cm³/mol. The van der Waals surface area contributed by atoms with Gasteiger partial charge in [0.15, 0.2) is 0 Å². The molecule has 19 heavy (non-hydrogen) atoms. The van der Waals surface area contributed by atoms with Crippen molar-refractivity contribution in [3.05, 3.63) is 0 Å². The minimum absolute atomic E-state index is 0.0624. The summed E-state index contributed by atoms with van der Waals surface area (Å²) in [6.07, 6.45) is -1.25. The van der Waals surface area contributed by atoms with E-state index in [9.17, 15) is 14.3 Å². The van der Waals surface area contributed by atoms with Gasteiger partial charge >= 0.3 is 6.80 Å². The van der Waals surface area contributed by atoms with Crippen molar-refractivity contribution >= 4 is 33.2 Å². The second-order valence-electron chi connectivity index (χ2n) is 4.17. The van der Waals surface area contributed by atoms with Gasteiger partial charge in [-0.2, -0.15) is 0 Å². The highest BCUT2D eigenvalue weighted by Crippen LogP contribution is 2.50. The van der Waals surface area contributed by atoms with Gasteiger partial charge in [0.2, 0.25) is 0 Å². The van der Waals surface area contributed by atoms with Gasteiger partial charge in [-0.15, -0.1) is 0 Å². The second-order valence-corrected chi connectivity index (χ2v) is 6.88. The van der Waals surface area contributed by atoms with E-state index in [1.807, 2.05) is 0 Å². The number of carbonyl (C=O) groups is 1. The summed E-state index contributed by atoms with van der Waals surface area (Å²) in [7, 11) is 3.29. The Bertz CT molecular complexity index is 339. The quantitative estimate of drug-likeness (QED) is 0.203. The highest BCUT2D eigenvalue weighted by molar-refractivity contribution is 8.44. The van der Waals surface area contributed by atoms with Crippen LogP contribution in [0.15, 0.2) is 0 Å². The number of carbonyl (C=O) groups excluding carboxylic acids is 1. The lowest BCUT2D eigenvalue weighted by molar-refractivity contribution is -0.110. The summed E-state index contributed by atoms with van der Waals surface area (Å²) < 4.78 is 32.2. The maximum Gasteiger partial charge on any atom is 0.383 e. The van der Waals surface area contributed by atoms with Crippen LogP contribution in [0.3, 0.4) is 0 Å². The number of ether oxygens (including phenoxy) is 3. The molecule has 1 rings (SSSR count). The molecule has 0 aromatic heterocycles. The van der Waals surface area contributed by atoms with Gasteiger partial charge in [-0.05, 0) is 0 Å². The van der Waals surface area contributed by atoms with Gasteiger partial charge in [-0.3, -0.25) is 4.52 Å². The minimum Gasteiger partial charge on any atom is -0.382 e. The predicted octanol–water partition coefficient (Wildman–Crippen LogP) is -0.620. The molecule has 10 heteroatoms. The fourth-order valence-electron chi connectivity index (χ4n) is 1.98. The molecule has 7 nitrogen and oxygen atoms in total. The zero-order chi connectivity index (χ0) is 14.5. The summed E-state index contributed by atoms with van der Waals surface area (Å²) in [5.41, 5.74) is 0. The smallest absolute Gasteiger partial charge is 0.382 e. The Balaban J connectivity index is 2.72. The lowest BCUT2D eigenvalue weighted by Gasteiger charge is -2.24. The Morgan fingerprint density at radius 1 is 1.47 bits per heavy atom. The van der Waals surface area contributed by atoms with Crippen molar-refractivity contribution in [3.63, 3.8) is 0 Å². The van der Waals surface area contributed by atoms with Crippen LogP contribution in [0, 0.1) is 0 Å². The zero-order valence-electron chi connectivity index (χ0n) is 10.8. The number of methoxy groups -OCH3 is 1. The molecule has 0 saturated carbocycles. The van der Waals surface area contributed by atoms with Crippen LogP contribution in [0.25, 0.3) is 0 Å². The molecule has 110 valence electrons. The highest BCUT2D eigenvalue weighted by atomic mass is 32.7. The summed E-state index contributed by atoms with van der Waals surface area (Å²) in [5, 5.41) is 0. The van der Waals surface area contributed by atoms with Crippen LogP contribution >= 0.6 is 19.0 Å². The zero-order valence-corrected chi connectivity index (χ0v) is 12.6. The fourth-order valence-corrected chi connectivity index (χ4v) is 2.88. The van der Waals surface area contributed by atoms with Crippen molar-refractivity contribution in [2.75, 3.05) is 20.3 Å². The lowest BCUT2D eigenvalue weighted by Crippen LogP contribution is -2.37. The molecule has 1 aliphatic heterocycles. The number of rotatable bonds is 8. The van der Waals surface area contributed by atoms with Crippen molar-refractivity contribution in [2.45, 2.75) is 30.7 Å². The first kappa shape index (κ1) is 17.2. The van der Waals surface area contributed by atoms with Crippen LogP contribution < -0.4 is 0 Å². The minimum atomic E-state index is -3.99. The van der Waals surface area contributed by atoms with Gasteiger partial charge in [0.1, 0.15) is 26.3 Å². The monoisotopic (exact) mass is 312 g/mol. The molecular weight excluding hydrogens is 294 g/mol. The van der Waals surface area contributed by atoms with Gasteiger partial charge in [0, 0.05) is 13.5 Å². The summed E-state index contributed by atoms with van der Waals surface area (Å²) >= 11 is 3.48. The Kier molecular flexibility index (Phi) is 7.03. The third-order valence-electron chi connectivity index (χ3n) is 2.73. The molecule has 0 aromatic rings. The van der Waals surface area contributed by atoms with Crippen LogP contribution in [0.1, 0.15) is 6.42 Å². The average Bonchev–Trinajstić information content (AvgIpc) is 2.56. The number of aldehydes is 1. The molecule has 1 saturated heterocycles. The van der Waals surface area contributed by atoms with E-state index < -0.39 is 25.1 Å². The van der Waals surface area contributed by atoms with Crippen molar-refractivity contribution in [1.29, 1.82) is 0 Å². The van der Waals surface area contributed by atoms with Gasteiger partial charge in [0.25, 0.3) is 0 Å². The summed E-state index contributed by atoms with van der Waals surface area (Å²) in [6.45, 7) is -3.31. The maximum absolute atomic E-state index is 11.3. The molecule has 1 aliphatic rings. The number of thiol groups is 1. The Morgan fingerprint density at radius 3 is 2.68 bits per heavy atom. The van der Waals surface area contributed by atoms with Crippen LogP contribution in [-0.4, -0.2) is 63.7 Å². The van der Waals surface area contributed by atoms with Gasteiger partial charge in [-0.25, -0.2) is 4.57 Å². The van der Waals surface area contributed by atoms with Crippen LogP contribution in [0.5, 0.6) is 0 Å². The summed E-state index contributed by atoms with van der Waals surface area (Å²) in [4.78, 5) is 19.8. The van der Waals surface area contributed by atoms with E-state index in [4.69, 9.17) is 18.7 Å². The SMILES string of the molecule is B[C@@H]1O[C@H](CC=O)C(OP(=O)(O)S)[C@@H]1OCCOC. The average molecular weight is 312 g/mol. The molecule has 1 heterocycles. The van der Waals surface area contributed by atoms with Crippen LogP contribution in [-0.2, 0) is 28.1 Å². The van der Waals surface area contributed by atoms with E-state index in [2.05, 4.69) is 12.2 Å². The standard InChI is InChI=1S/C9H18BO7PS/c1-14-4-5-15-8-7(17-18(12,13)19)6(2-3-11)16-9(8)10/h3,6-9H,2,4-5,10H2,1H3,(H2,12,13,19)/t6-,7?,8+,9-/m1/s1. The number of hydrogen-bond acceptors (Lipinski definition) is 6. The topological polar surface area (TPSA) is 91.3 Å². The van der Waals surface area contributed by atoms with Crippen molar-refractivity contribution in [1.82, 2.24) is 0 Å². The summed E-state index contributed by atoms with van der Waals surface area (Å²) in [6, 6.07) is -0.355. The summed E-state index contributed by atoms with van der Waals surface area (Å²) in [5.74, 6) is 0. The van der Waals surface area contributed by atoms with Crippen molar-refractivity contribution in [2.24, 2.45) is 0 Å². The highest BCUT2D eigenvalue weighted by Gasteiger charge is 2.46. The Labute approximate surface area is 118 Å². The Hall–Kier alpha value is 0.115. The molecule has 0 amide bonds. The fraction of sp³-hybridized carbons (Fsp3) is 0.889.